The third-order valence-corrected chi connectivity index (χ3v) is 2.67. The Morgan fingerprint density at radius 2 is 1.95 bits per heavy atom. The lowest BCUT2D eigenvalue weighted by atomic mass is 10.3. The van der Waals surface area contributed by atoms with Gasteiger partial charge in [-0.25, -0.2) is 9.97 Å². The Bertz CT molecular complexity index is 361. The molecule has 0 aliphatic rings. The van der Waals surface area contributed by atoms with Gasteiger partial charge in [0, 0.05) is 20.3 Å². The van der Waals surface area contributed by atoms with Gasteiger partial charge in [-0.1, -0.05) is 0 Å². The van der Waals surface area contributed by atoms with Gasteiger partial charge in [0.15, 0.2) is 0 Å². The number of nitrogens with one attached hydrogen (secondary N) is 1. The lowest BCUT2D eigenvalue weighted by Crippen LogP contribution is -2.08. The van der Waals surface area contributed by atoms with Crippen LogP contribution in [0.1, 0.15) is 18.4 Å². The van der Waals surface area contributed by atoms with Gasteiger partial charge in [-0.15, -0.1) is 0 Å². The van der Waals surface area contributed by atoms with Crippen molar-refractivity contribution in [3.8, 4) is 5.88 Å². The number of aromatic nitrogens is 2. The Kier molecular flexibility index (Phi) is 7.84. The Balaban J connectivity index is 2.16. The van der Waals surface area contributed by atoms with E-state index in [9.17, 15) is 0 Å². The number of ether oxygens (including phenoxy) is 3. The number of nitrogens with zero attached hydrogens (tertiary/aromatic N) is 2. The maximum atomic E-state index is 5.39. The summed E-state index contributed by atoms with van der Waals surface area (Å²) in [6.45, 7) is 4.87. The molecule has 0 bridgehead atoms. The minimum atomic E-state index is 0.611. The summed E-state index contributed by atoms with van der Waals surface area (Å²) in [4.78, 5) is 8.23. The van der Waals surface area contributed by atoms with Gasteiger partial charge in [-0.05, 0) is 19.8 Å². The summed E-state index contributed by atoms with van der Waals surface area (Å²) in [5.74, 6) is 1.44. The molecule has 0 aliphatic heterocycles. The molecular formula is C13H23N3O3. The summed E-state index contributed by atoms with van der Waals surface area (Å²) < 4.78 is 15.4. The fraction of sp³-hybridized carbons (Fsp3) is 0.692. The molecule has 1 N–H and O–H groups in total. The molecule has 6 nitrogen and oxygen atoms in total. The fourth-order valence-corrected chi connectivity index (χ4v) is 1.60. The standard InChI is InChI=1S/C13H23N3O3/c1-11-12(15-10-16-13(11)18-3)14-6-4-5-7-19-9-8-17-2/h10H,4-9H2,1-3H3,(H,14,15,16). The average Bonchev–Trinajstić information content (AvgIpc) is 2.43. The number of hydrogen-bond acceptors (Lipinski definition) is 6. The number of rotatable bonds is 10. The normalized spacial score (nSPS) is 10.5. The topological polar surface area (TPSA) is 65.5 Å². The monoisotopic (exact) mass is 269 g/mol. The van der Waals surface area contributed by atoms with Crippen LogP contribution < -0.4 is 10.1 Å². The van der Waals surface area contributed by atoms with E-state index in [1.54, 1.807) is 14.2 Å². The minimum Gasteiger partial charge on any atom is -0.481 e. The molecule has 0 spiro atoms. The summed E-state index contributed by atoms with van der Waals surface area (Å²) in [7, 11) is 3.28. The first-order valence-corrected chi connectivity index (χ1v) is 6.45. The van der Waals surface area contributed by atoms with Crippen molar-refractivity contribution in [2.75, 3.05) is 45.9 Å². The van der Waals surface area contributed by atoms with Crippen LogP contribution in [0.2, 0.25) is 0 Å². The van der Waals surface area contributed by atoms with Crippen molar-refractivity contribution in [1.82, 2.24) is 9.97 Å². The molecule has 0 atom stereocenters. The molecule has 0 saturated heterocycles. The molecule has 0 aliphatic carbocycles. The lowest BCUT2D eigenvalue weighted by molar-refractivity contribution is 0.0691. The Morgan fingerprint density at radius 3 is 2.68 bits per heavy atom. The van der Waals surface area contributed by atoms with Crippen molar-refractivity contribution in [3.05, 3.63) is 11.9 Å². The smallest absolute Gasteiger partial charge is 0.221 e. The van der Waals surface area contributed by atoms with Crippen LogP contribution in [0.5, 0.6) is 5.88 Å². The highest BCUT2D eigenvalue weighted by molar-refractivity contribution is 5.47. The zero-order chi connectivity index (χ0) is 13.9. The van der Waals surface area contributed by atoms with E-state index in [0.717, 1.165) is 37.4 Å². The quantitative estimate of drug-likeness (QED) is 0.652. The molecule has 19 heavy (non-hydrogen) atoms. The number of unbranched alkanes of at least 4 members (excludes halogenated alkanes) is 1. The van der Waals surface area contributed by atoms with Crippen LogP contribution in [0, 0.1) is 6.92 Å². The highest BCUT2D eigenvalue weighted by Crippen LogP contribution is 2.19. The predicted molar refractivity (Wildman–Crippen MR) is 73.7 cm³/mol. The zero-order valence-electron chi connectivity index (χ0n) is 11.9. The van der Waals surface area contributed by atoms with Crippen LogP contribution >= 0.6 is 0 Å². The summed E-state index contributed by atoms with van der Waals surface area (Å²) in [6, 6.07) is 0. The van der Waals surface area contributed by atoms with Crippen LogP contribution in [0.4, 0.5) is 5.82 Å². The van der Waals surface area contributed by atoms with Crippen LogP contribution in [0.15, 0.2) is 6.33 Å². The third-order valence-electron chi connectivity index (χ3n) is 2.67. The van der Waals surface area contributed by atoms with Gasteiger partial charge in [-0.2, -0.15) is 0 Å². The number of methoxy groups -OCH3 is 2. The summed E-state index contributed by atoms with van der Waals surface area (Å²) >= 11 is 0. The molecule has 0 radical (unpaired) electrons. The highest BCUT2D eigenvalue weighted by atomic mass is 16.5. The summed E-state index contributed by atoms with van der Waals surface area (Å²) in [6.07, 6.45) is 3.54. The van der Waals surface area contributed by atoms with Gasteiger partial charge in [0.25, 0.3) is 0 Å². The fourth-order valence-electron chi connectivity index (χ4n) is 1.60. The largest absolute Gasteiger partial charge is 0.481 e. The van der Waals surface area contributed by atoms with E-state index in [1.165, 1.54) is 6.33 Å². The van der Waals surface area contributed by atoms with Crippen molar-refractivity contribution in [2.45, 2.75) is 19.8 Å². The minimum absolute atomic E-state index is 0.611. The van der Waals surface area contributed by atoms with Crippen molar-refractivity contribution >= 4 is 5.82 Å². The van der Waals surface area contributed by atoms with Crippen LogP contribution in [-0.2, 0) is 9.47 Å². The maximum absolute atomic E-state index is 5.39. The van der Waals surface area contributed by atoms with Gasteiger partial charge in [0.1, 0.15) is 12.1 Å². The molecule has 1 heterocycles. The van der Waals surface area contributed by atoms with Gasteiger partial charge < -0.3 is 19.5 Å². The molecule has 0 fully saturated rings. The second-order valence-corrected chi connectivity index (χ2v) is 4.10. The molecule has 0 amide bonds. The van der Waals surface area contributed by atoms with Crippen LogP contribution in [-0.4, -0.2) is 50.6 Å². The van der Waals surface area contributed by atoms with Gasteiger partial charge in [0.05, 0.1) is 25.9 Å². The van der Waals surface area contributed by atoms with Crippen molar-refractivity contribution < 1.29 is 14.2 Å². The van der Waals surface area contributed by atoms with E-state index in [-0.39, 0.29) is 0 Å². The van der Waals surface area contributed by atoms with Gasteiger partial charge in [-0.3, -0.25) is 0 Å². The maximum Gasteiger partial charge on any atom is 0.221 e. The average molecular weight is 269 g/mol. The second-order valence-electron chi connectivity index (χ2n) is 4.10. The van der Waals surface area contributed by atoms with E-state index in [0.29, 0.717) is 19.1 Å². The van der Waals surface area contributed by atoms with Crippen LogP contribution in [0.3, 0.4) is 0 Å². The number of hydrogen-bond donors (Lipinski definition) is 1. The van der Waals surface area contributed by atoms with E-state index in [2.05, 4.69) is 15.3 Å². The molecular weight excluding hydrogens is 246 g/mol. The molecule has 0 aromatic carbocycles. The van der Waals surface area contributed by atoms with Gasteiger partial charge >= 0.3 is 0 Å². The molecule has 1 rings (SSSR count). The highest BCUT2D eigenvalue weighted by Gasteiger charge is 2.05. The molecule has 108 valence electrons. The van der Waals surface area contributed by atoms with E-state index in [1.807, 2.05) is 6.92 Å². The molecule has 6 heteroatoms. The van der Waals surface area contributed by atoms with E-state index in [4.69, 9.17) is 14.2 Å². The lowest BCUT2D eigenvalue weighted by Gasteiger charge is -2.10. The predicted octanol–water partition coefficient (Wildman–Crippen LogP) is 1.65. The van der Waals surface area contributed by atoms with Gasteiger partial charge in [0.2, 0.25) is 5.88 Å². The van der Waals surface area contributed by atoms with Crippen molar-refractivity contribution in [2.24, 2.45) is 0 Å². The molecule has 0 unspecified atom stereocenters. The first-order valence-electron chi connectivity index (χ1n) is 6.45. The Morgan fingerprint density at radius 1 is 1.11 bits per heavy atom. The first-order chi connectivity index (χ1) is 9.29. The third kappa shape index (κ3) is 5.85. The summed E-state index contributed by atoms with van der Waals surface area (Å²) in [5.41, 5.74) is 0.932. The van der Waals surface area contributed by atoms with Crippen molar-refractivity contribution in [1.29, 1.82) is 0 Å². The van der Waals surface area contributed by atoms with E-state index < -0.39 is 0 Å². The Labute approximate surface area is 114 Å². The van der Waals surface area contributed by atoms with Crippen molar-refractivity contribution in [3.63, 3.8) is 0 Å². The molecule has 1 aromatic heterocycles. The summed E-state index contributed by atoms with van der Waals surface area (Å²) in [5, 5.41) is 3.28. The molecule has 1 aromatic rings. The zero-order valence-corrected chi connectivity index (χ0v) is 11.9. The number of anilines is 1. The van der Waals surface area contributed by atoms with E-state index >= 15 is 0 Å². The molecule has 0 saturated carbocycles. The second kappa shape index (κ2) is 9.52. The Hall–Kier alpha value is -1.40. The first kappa shape index (κ1) is 15.7. The SMILES string of the molecule is COCCOCCCCNc1ncnc(OC)c1C. The van der Waals surface area contributed by atoms with Crippen LogP contribution in [0.25, 0.3) is 0 Å².